The summed E-state index contributed by atoms with van der Waals surface area (Å²) in [5.41, 5.74) is -0.201. The Morgan fingerprint density at radius 1 is 0.708 bits per heavy atom. The molecule has 4 nitrogen and oxygen atoms in total. The Morgan fingerprint density at radius 2 is 1.04 bits per heavy atom. The lowest BCUT2D eigenvalue weighted by molar-refractivity contribution is -0.138. The van der Waals surface area contributed by atoms with Crippen molar-refractivity contribution in [3.8, 4) is 23.7 Å². The SMILES string of the molecule is COC(=O)/C(C#CC1C=CC=C1)=C(\C#CC1C=CC=C1)C(=O)OC. The number of carbonyl (C=O) groups excluding carboxylic acids is 2. The summed E-state index contributed by atoms with van der Waals surface area (Å²) in [5, 5.41) is 0. The second-order valence-electron chi connectivity index (χ2n) is 4.86. The van der Waals surface area contributed by atoms with E-state index in [4.69, 9.17) is 9.47 Å². The van der Waals surface area contributed by atoms with Crippen molar-refractivity contribution in [1.82, 2.24) is 0 Å². The highest BCUT2D eigenvalue weighted by Gasteiger charge is 2.20. The molecule has 0 saturated carbocycles. The number of carbonyl (C=O) groups is 2. The topological polar surface area (TPSA) is 52.6 Å². The lowest BCUT2D eigenvalue weighted by Gasteiger charge is -2.03. The lowest BCUT2D eigenvalue weighted by atomic mass is 10.1. The first-order valence-corrected chi connectivity index (χ1v) is 7.29. The third-order valence-electron chi connectivity index (χ3n) is 3.25. The van der Waals surface area contributed by atoms with Crippen molar-refractivity contribution in [1.29, 1.82) is 0 Å². The fourth-order valence-corrected chi connectivity index (χ4v) is 2.00. The largest absolute Gasteiger partial charge is 0.465 e. The normalized spacial score (nSPS) is 16.1. The molecule has 0 radical (unpaired) electrons. The number of hydrogen-bond donors (Lipinski definition) is 0. The minimum Gasteiger partial charge on any atom is -0.465 e. The molecular formula is C20H16O4. The third kappa shape index (κ3) is 4.38. The maximum Gasteiger partial charge on any atom is 0.348 e. The molecular weight excluding hydrogens is 304 g/mol. The molecule has 2 aliphatic carbocycles. The number of rotatable bonds is 2. The van der Waals surface area contributed by atoms with Gasteiger partial charge in [-0.25, -0.2) is 9.59 Å². The monoisotopic (exact) mass is 320 g/mol. The van der Waals surface area contributed by atoms with E-state index in [-0.39, 0.29) is 23.0 Å². The quantitative estimate of drug-likeness (QED) is 0.444. The van der Waals surface area contributed by atoms with Gasteiger partial charge in [0.2, 0.25) is 0 Å². The van der Waals surface area contributed by atoms with Gasteiger partial charge in [-0.05, 0) is 0 Å². The van der Waals surface area contributed by atoms with Crippen molar-refractivity contribution in [2.45, 2.75) is 0 Å². The maximum atomic E-state index is 12.1. The van der Waals surface area contributed by atoms with Crippen LogP contribution >= 0.6 is 0 Å². The summed E-state index contributed by atoms with van der Waals surface area (Å²) in [4.78, 5) is 24.1. The lowest BCUT2D eigenvalue weighted by Crippen LogP contribution is -2.13. The highest BCUT2D eigenvalue weighted by Crippen LogP contribution is 2.12. The predicted octanol–water partition coefficient (Wildman–Crippen LogP) is 2.12. The maximum absolute atomic E-state index is 12.1. The average Bonchev–Trinajstić information content (AvgIpc) is 3.30. The van der Waals surface area contributed by atoms with Crippen LogP contribution in [0.1, 0.15) is 0 Å². The molecule has 0 unspecified atom stereocenters. The van der Waals surface area contributed by atoms with Gasteiger partial charge in [0.1, 0.15) is 11.1 Å². The van der Waals surface area contributed by atoms with Crippen LogP contribution in [0.25, 0.3) is 0 Å². The van der Waals surface area contributed by atoms with E-state index < -0.39 is 11.9 Å². The van der Waals surface area contributed by atoms with Gasteiger partial charge < -0.3 is 9.47 Å². The predicted molar refractivity (Wildman–Crippen MR) is 90.2 cm³/mol. The molecule has 0 saturated heterocycles. The van der Waals surface area contributed by atoms with Crippen LogP contribution in [0, 0.1) is 35.5 Å². The minimum absolute atomic E-state index is 0.100. The molecule has 0 aromatic rings. The fraction of sp³-hybridized carbons (Fsp3) is 0.200. The second kappa shape index (κ2) is 8.41. The summed E-state index contributed by atoms with van der Waals surface area (Å²) in [6, 6.07) is 0. The van der Waals surface area contributed by atoms with E-state index in [1.54, 1.807) is 0 Å². The van der Waals surface area contributed by atoms with E-state index >= 15 is 0 Å². The van der Waals surface area contributed by atoms with E-state index in [0.717, 1.165) is 0 Å². The van der Waals surface area contributed by atoms with E-state index in [2.05, 4.69) is 23.7 Å². The Bertz CT molecular complexity index is 706. The average molecular weight is 320 g/mol. The molecule has 24 heavy (non-hydrogen) atoms. The van der Waals surface area contributed by atoms with Crippen molar-refractivity contribution in [3.05, 3.63) is 59.8 Å². The molecule has 0 bridgehead atoms. The number of methoxy groups -OCH3 is 2. The summed E-state index contributed by atoms with van der Waals surface area (Å²) in [5.74, 6) is 9.56. The van der Waals surface area contributed by atoms with Gasteiger partial charge in [-0.2, -0.15) is 0 Å². The van der Waals surface area contributed by atoms with E-state index in [0.29, 0.717) is 0 Å². The van der Waals surface area contributed by atoms with Gasteiger partial charge in [-0.15, -0.1) is 0 Å². The highest BCUT2D eigenvalue weighted by molar-refractivity contribution is 6.06. The minimum atomic E-state index is -0.722. The summed E-state index contributed by atoms with van der Waals surface area (Å²) in [7, 11) is 2.45. The summed E-state index contributed by atoms with van der Waals surface area (Å²) >= 11 is 0. The molecule has 120 valence electrons. The zero-order valence-corrected chi connectivity index (χ0v) is 13.4. The van der Waals surface area contributed by atoms with Crippen LogP contribution in [0.5, 0.6) is 0 Å². The molecule has 4 heteroatoms. The second-order valence-corrected chi connectivity index (χ2v) is 4.86. The zero-order chi connectivity index (χ0) is 17.4. The molecule has 2 aliphatic rings. The molecule has 0 N–H and O–H groups in total. The van der Waals surface area contributed by atoms with Crippen LogP contribution < -0.4 is 0 Å². The van der Waals surface area contributed by atoms with E-state index in [1.807, 2.05) is 48.6 Å². The van der Waals surface area contributed by atoms with Crippen LogP contribution in [0.4, 0.5) is 0 Å². The Hall–Kier alpha value is -3.24. The van der Waals surface area contributed by atoms with Gasteiger partial charge in [-0.3, -0.25) is 0 Å². The summed E-state index contributed by atoms with van der Waals surface area (Å²) in [6.07, 6.45) is 14.9. The first-order chi connectivity index (χ1) is 11.7. The highest BCUT2D eigenvalue weighted by atomic mass is 16.5. The third-order valence-corrected chi connectivity index (χ3v) is 3.25. The molecule has 0 aliphatic heterocycles. The van der Waals surface area contributed by atoms with Crippen LogP contribution in [-0.2, 0) is 19.1 Å². The molecule has 0 aromatic carbocycles. The zero-order valence-electron chi connectivity index (χ0n) is 13.4. The Kier molecular flexibility index (Phi) is 6.00. The molecule has 2 rings (SSSR count). The first kappa shape index (κ1) is 17.1. The van der Waals surface area contributed by atoms with Gasteiger partial charge in [0, 0.05) is 0 Å². The van der Waals surface area contributed by atoms with Gasteiger partial charge in [0.05, 0.1) is 26.1 Å². The molecule has 0 amide bonds. The molecule has 0 heterocycles. The molecule has 0 atom stereocenters. The van der Waals surface area contributed by atoms with Gasteiger partial charge >= 0.3 is 11.9 Å². The van der Waals surface area contributed by atoms with Crippen molar-refractivity contribution < 1.29 is 19.1 Å². The van der Waals surface area contributed by atoms with Gasteiger partial charge in [0.25, 0.3) is 0 Å². The summed E-state index contributed by atoms with van der Waals surface area (Å²) < 4.78 is 9.47. The van der Waals surface area contributed by atoms with E-state index in [1.165, 1.54) is 14.2 Å². The number of hydrogen-bond acceptors (Lipinski definition) is 4. The Labute approximate surface area is 141 Å². The van der Waals surface area contributed by atoms with Crippen molar-refractivity contribution in [2.75, 3.05) is 14.2 Å². The Balaban J connectivity index is 2.45. The van der Waals surface area contributed by atoms with Crippen molar-refractivity contribution in [2.24, 2.45) is 11.8 Å². The van der Waals surface area contributed by atoms with Crippen LogP contribution in [0.2, 0.25) is 0 Å². The standard InChI is InChI=1S/C20H16O4/c1-23-19(21)17(13-11-15-7-3-4-8-15)18(20(22)24-2)14-12-16-9-5-6-10-16/h3-10,15-16H,1-2H3/b18-17+. The van der Waals surface area contributed by atoms with E-state index in [9.17, 15) is 9.59 Å². The fourth-order valence-electron chi connectivity index (χ4n) is 2.00. The van der Waals surface area contributed by atoms with Gasteiger partial charge in [-0.1, -0.05) is 72.3 Å². The van der Waals surface area contributed by atoms with Crippen LogP contribution in [0.15, 0.2) is 59.8 Å². The van der Waals surface area contributed by atoms with Crippen LogP contribution in [-0.4, -0.2) is 26.2 Å². The van der Waals surface area contributed by atoms with Crippen molar-refractivity contribution in [3.63, 3.8) is 0 Å². The first-order valence-electron chi connectivity index (χ1n) is 7.29. The smallest absolute Gasteiger partial charge is 0.348 e. The number of esters is 2. The molecule has 0 spiro atoms. The van der Waals surface area contributed by atoms with Gasteiger partial charge in [0.15, 0.2) is 0 Å². The molecule has 0 fully saturated rings. The number of allylic oxidation sites excluding steroid dienone is 8. The summed E-state index contributed by atoms with van der Waals surface area (Å²) in [6.45, 7) is 0. The molecule has 0 aromatic heterocycles. The Morgan fingerprint density at radius 3 is 1.33 bits per heavy atom. The number of ether oxygens (including phenoxy) is 2. The van der Waals surface area contributed by atoms with Crippen molar-refractivity contribution >= 4 is 11.9 Å². The van der Waals surface area contributed by atoms with Crippen LogP contribution in [0.3, 0.4) is 0 Å².